The van der Waals surface area contributed by atoms with Crippen molar-refractivity contribution in [1.29, 1.82) is 0 Å². The summed E-state index contributed by atoms with van der Waals surface area (Å²) >= 11 is 0. The highest BCUT2D eigenvalue weighted by molar-refractivity contribution is 5.85. The van der Waals surface area contributed by atoms with Crippen molar-refractivity contribution in [3.05, 3.63) is 35.9 Å². The predicted molar refractivity (Wildman–Crippen MR) is 80.9 cm³/mol. The third-order valence-corrected chi connectivity index (χ3v) is 3.89. The number of likely N-dealkylation sites (tertiary alicyclic amines) is 1. The Kier molecular flexibility index (Phi) is 5.51. The number of β-amino-alcohol motifs (C(OH)–C–C–N with tert-alkyl or cyclic N) is 1. The minimum Gasteiger partial charge on any atom is -0.378 e. The van der Waals surface area contributed by atoms with E-state index in [1.165, 1.54) is 4.90 Å². The number of benzene rings is 1. The van der Waals surface area contributed by atoms with Crippen LogP contribution in [0.1, 0.15) is 18.4 Å². The zero-order chi connectivity index (χ0) is 16.0. The highest BCUT2D eigenvalue weighted by Crippen LogP contribution is 2.20. The van der Waals surface area contributed by atoms with Crippen molar-refractivity contribution in [2.24, 2.45) is 5.73 Å². The molecule has 2 rings (SSSR count). The highest BCUT2D eigenvalue weighted by atomic mass is 16.5. The maximum Gasteiger partial charge on any atom is 0.251 e. The van der Waals surface area contributed by atoms with Crippen molar-refractivity contribution in [2.75, 3.05) is 26.3 Å². The summed E-state index contributed by atoms with van der Waals surface area (Å²) in [5.41, 5.74) is 4.73. The molecular formula is C16H22N2O4. The van der Waals surface area contributed by atoms with E-state index in [1.54, 1.807) is 0 Å². The first-order valence-electron chi connectivity index (χ1n) is 7.43. The smallest absolute Gasteiger partial charge is 0.251 e. The van der Waals surface area contributed by atoms with Crippen LogP contribution in [-0.4, -0.2) is 53.7 Å². The first-order chi connectivity index (χ1) is 10.5. The van der Waals surface area contributed by atoms with E-state index in [0.717, 1.165) is 12.0 Å². The highest BCUT2D eigenvalue weighted by Gasteiger charge is 2.40. The molecule has 1 aromatic rings. The number of carbonyl (C=O) groups is 2. The van der Waals surface area contributed by atoms with Crippen molar-refractivity contribution < 1.29 is 19.4 Å². The van der Waals surface area contributed by atoms with Crippen LogP contribution in [0.4, 0.5) is 0 Å². The molecule has 1 aromatic carbocycles. The molecule has 1 saturated heterocycles. The van der Waals surface area contributed by atoms with Crippen LogP contribution in [0.2, 0.25) is 0 Å². The van der Waals surface area contributed by atoms with Crippen LogP contribution in [0, 0.1) is 0 Å². The first-order valence-corrected chi connectivity index (χ1v) is 7.43. The largest absolute Gasteiger partial charge is 0.378 e. The summed E-state index contributed by atoms with van der Waals surface area (Å²) in [6, 6.07) is 9.87. The number of ether oxygens (including phenoxy) is 1. The molecule has 6 nitrogen and oxygen atoms in total. The maximum absolute atomic E-state index is 12.1. The minimum absolute atomic E-state index is 0.0524. The van der Waals surface area contributed by atoms with Gasteiger partial charge in [-0.25, -0.2) is 0 Å². The van der Waals surface area contributed by atoms with Gasteiger partial charge in [0.25, 0.3) is 5.91 Å². The molecule has 0 bridgehead atoms. The number of primary amides is 1. The van der Waals surface area contributed by atoms with E-state index >= 15 is 0 Å². The number of hydrogen-bond acceptors (Lipinski definition) is 4. The lowest BCUT2D eigenvalue weighted by Gasteiger charge is -2.36. The SMILES string of the molecule is NC(=O)C1(O)CCCN(C(=O)COCCc2ccccc2)C1. The summed E-state index contributed by atoms with van der Waals surface area (Å²) in [6.45, 7) is 0.852. The van der Waals surface area contributed by atoms with Crippen LogP contribution in [-0.2, 0) is 20.7 Å². The van der Waals surface area contributed by atoms with Crippen molar-refractivity contribution >= 4 is 11.8 Å². The van der Waals surface area contributed by atoms with Gasteiger partial charge in [-0.15, -0.1) is 0 Å². The molecule has 1 aliphatic rings. The van der Waals surface area contributed by atoms with Gasteiger partial charge in [0, 0.05) is 6.54 Å². The van der Waals surface area contributed by atoms with Crippen molar-refractivity contribution in [3.63, 3.8) is 0 Å². The Labute approximate surface area is 129 Å². The quantitative estimate of drug-likeness (QED) is 0.728. The molecule has 22 heavy (non-hydrogen) atoms. The molecule has 1 aliphatic heterocycles. The second kappa shape index (κ2) is 7.38. The maximum atomic E-state index is 12.1. The molecule has 1 fully saturated rings. The zero-order valence-electron chi connectivity index (χ0n) is 12.5. The topological polar surface area (TPSA) is 92.9 Å². The van der Waals surface area contributed by atoms with E-state index in [2.05, 4.69) is 0 Å². The molecular weight excluding hydrogens is 284 g/mol. The Balaban J connectivity index is 1.74. The van der Waals surface area contributed by atoms with E-state index in [0.29, 0.717) is 26.0 Å². The van der Waals surface area contributed by atoms with Gasteiger partial charge in [-0.05, 0) is 24.8 Å². The molecule has 0 radical (unpaired) electrons. The summed E-state index contributed by atoms with van der Waals surface area (Å²) < 4.78 is 5.39. The zero-order valence-corrected chi connectivity index (χ0v) is 12.5. The molecule has 0 spiro atoms. The van der Waals surface area contributed by atoms with Gasteiger partial charge in [0.15, 0.2) is 5.60 Å². The molecule has 1 atom stereocenters. The van der Waals surface area contributed by atoms with E-state index in [-0.39, 0.29) is 19.1 Å². The second-order valence-electron chi connectivity index (χ2n) is 5.60. The molecule has 0 saturated carbocycles. The normalized spacial score (nSPS) is 21.6. The van der Waals surface area contributed by atoms with Gasteiger partial charge in [-0.3, -0.25) is 9.59 Å². The third-order valence-electron chi connectivity index (χ3n) is 3.89. The number of nitrogens with zero attached hydrogens (tertiary/aromatic N) is 1. The van der Waals surface area contributed by atoms with Crippen LogP contribution in [0.15, 0.2) is 30.3 Å². The average molecular weight is 306 g/mol. The van der Waals surface area contributed by atoms with Crippen molar-refractivity contribution in [2.45, 2.75) is 24.9 Å². The number of amides is 2. The van der Waals surface area contributed by atoms with E-state index < -0.39 is 11.5 Å². The summed E-state index contributed by atoms with van der Waals surface area (Å²) in [5.74, 6) is -1.01. The van der Waals surface area contributed by atoms with Gasteiger partial charge >= 0.3 is 0 Å². The molecule has 0 aromatic heterocycles. The van der Waals surface area contributed by atoms with E-state index in [9.17, 15) is 14.7 Å². The number of carbonyl (C=O) groups excluding carboxylic acids is 2. The lowest BCUT2D eigenvalue weighted by atomic mass is 9.92. The van der Waals surface area contributed by atoms with E-state index in [1.807, 2.05) is 30.3 Å². The lowest BCUT2D eigenvalue weighted by Crippen LogP contribution is -2.57. The summed E-state index contributed by atoms with van der Waals surface area (Å²) in [4.78, 5) is 24.8. The Bertz CT molecular complexity index is 520. The van der Waals surface area contributed by atoms with Gasteiger partial charge in [0.2, 0.25) is 5.91 Å². The second-order valence-corrected chi connectivity index (χ2v) is 5.60. The Hall–Kier alpha value is -1.92. The fourth-order valence-electron chi connectivity index (χ4n) is 2.54. The Morgan fingerprint density at radius 1 is 1.32 bits per heavy atom. The summed E-state index contributed by atoms with van der Waals surface area (Å²) in [7, 11) is 0. The fourth-order valence-corrected chi connectivity index (χ4v) is 2.54. The lowest BCUT2D eigenvalue weighted by molar-refractivity contribution is -0.151. The van der Waals surface area contributed by atoms with Crippen molar-refractivity contribution in [3.8, 4) is 0 Å². The van der Waals surface area contributed by atoms with Gasteiger partial charge in [-0.1, -0.05) is 30.3 Å². The molecule has 120 valence electrons. The van der Waals surface area contributed by atoms with Gasteiger partial charge in [0.05, 0.1) is 13.2 Å². The van der Waals surface area contributed by atoms with Gasteiger partial charge in [-0.2, -0.15) is 0 Å². The molecule has 1 heterocycles. The third kappa shape index (κ3) is 4.29. The predicted octanol–water partition coefficient (Wildman–Crippen LogP) is 0.0845. The number of rotatable bonds is 6. The average Bonchev–Trinajstić information content (AvgIpc) is 2.52. The monoisotopic (exact) mass is 306 g/mol. The van der Waals surface area contributed by atoms with Gasteiger partial charge < -0.3 is 20.5 Å². The minimum atomic E-state index is -1.61. The molecule has 3 N–H and O–H groups in total. The van der Waals surface area contributed by atoms with Crippen LogP contribution >= 0.6 is 0 Å². The van der Waals surface area contributed by atoms with Crippen LogP contribution in [0.25, 0.3) is 0 Å². The standard InChI is InChI=1S/C16H22N2O4/c17-15(20)16(21)8-4-9-18(12-16)14(19)11-22-10-7-13-5-2-1-3-6-13/h1-3,5-6,21H,4,7-12H2,(H2,17,20). The molecule has 1 unspecified atom stereocenters. The van der Waals surface area contributed by atoms with Crippen LogP contribution in [0.5, 0.6) is 0 Å². The Morgan fingerprint density at radius 3 is 2.73 bits per heavy atom. The van der Waals surface area contributed by atoms with E-state index in [4.69, 9.17) is 10.5 Å². The summed E-state index contributed by atoms with van der Waals surface area (Å²) in [6.07, 6.45) is 1.58. The number of hydrogen-bond donors (Lipinski definition) is 2. The first kappa shape index (κ1) is 16.5. The molecule has 2 amide bonds. The summed E-state index contributed by atoms with van der Waals surface area (Å²) in [5, 5.41) is 10.1. The number of nitrogens with two attached hydrogens (primary N) is 1. The Morgan fingerprint density at radius 2 is 2.05 bits per heavy atom. The fraction of sp³-hybridized carbons (Fsp3) is 0.500. The number of aliphatic hydroxyl groups is 1. The number of piperidine rings is 1. The van der Waals surface area contributed by atoms with Crippen molar-refractivity contribution in [1.82, 2.24) is 4.90 Å². The van der Waals surface area contributed by atoms with Crippen LogP contribution in [0.3, 0.4) is 0 Å². The molecule has 0 aliphatic carbocycles. The molecule has 6 heteroatoms. The van der Waals surface area contributed by atoms with Gasteiger partial charge in [0.1, 0.15) is 6.61 Å². The van der Waals surface area contributed by atoms with Crippen LogP contribution < -0.4 is 5.73 Å².